The molecule has 1 unspecified atom stereocenters. The molecule has 0 heterocycles. The van der Waals surface area contributed by atoms with E-state index in [9.17, 15) is 4.79 Å². The van der Waals surface area contributed by atoms with Crippen LogP contribution < -0.4 is 0 Å². The zero-order valence-electron chi connectivity index (χ0n) is 12.1. The van der Waals surface area contributed by atoms with Crippen molar-refractivity contribution in [2.24, 2.45) is 0 Å². The van der Waals surface area contributed by atoms with Crippen LogP contribution in [-0.2, 0) is 10.2 Å². The topological polar surface area (TPSA) is 20.3 Å². The molecule has 0 spiro atoms. The van der Waals surface area contributed by atoms with Gasteiger partial charge < -0.3 is 4.90 Å². The fourth-order valence-electron chi connectivity index (χ4n) is 2.90. The van der Waals surface area contributed by atoms with E-state index < -0.39 is 0 Å². The lowest BCUT2D eigenvalue weighted by atomic mass is 9.93. The van der Waals surface area contributed by atoms with Crippen LogP contribution in [0.3, 0.4) is 0 Å². The number of hydrogen-bond donors (Lipinski definition) is 0. The predicted molar refractivity (Wildman–Crippen MR) is 87.7 cm³/mol. The molecule has 3 heteroatoms. The standard InChI is InChI=1S/C16H22INO/c1-11(2)18(12(3)4)15(19)16(10-14(16)17)13-8-6-5-7-9-13/h5-9,11-12,14H,10H2,1-4H3/t14?,16-/m0/s1. The Balaban J connectivity index is 2.35. The molecule has 2 nitrogen and oxygen atoms in total. The molecule has 0 bridgehead atoms. The maximum absolute atomic E-state index is 13.0. The number of halogens is 1. The fraction of sp³-hybridized carbons (Fsp3) is 0.562. The van der Waals surface area contributed by atoms with E-state index in [0.29, 0.717) is 9.83 Å². The largest absolute Gasteiger partial charge is 0.337 e. The number of benzene rings is 1. The molecular formula is C16H22INO. The Bertz CT molecular complexity index is 449. The average molecular weight is 371 g/mol. The monoisotopic (exact) mass is 371 g/mol. The summed E-state index contributed by atoms with van der Waals surface area (Å²) in [6.45, 7) is 8.39. The van der Waals surface area contributed by atoms with Crippen molar-refractivity contribution in [1.82, 2.24) is 4.90 Å². The van der Waals surface area contributed by atoms with Crippen LogP contribution >= 0.6 is 22.6 Å². The van der Waals surface area contributed by atoms with Gasteiger partial charge in [0.25, 0.3) is 0 Å². The third kappa shape index (κ3) is 2.54. The quantitative estimate of drug-likeness (QED) is 0.583. The van der Waals surface area contributed by atoms with Gasteiger partial charge in [0.1, 0.15) is 0 Å². The summed E-state index contributed by atoms with van der Waals surface area (Å²) >= 11 is 2.42. The molecule has 1 amide bonds. The zero-order chi connectivity index (χ0) is 14.2. The van der Waals surface area contributed by atoms with Crippen molar-refractivity contribution in [3.8, 4) is 0 Å². The van der Waals surface area contributed by atoms with E-state index in [-0.39, 0.29) is 17.5 Å². The molecule has 0 radical (unpaired) electrons. The summed E-state index contributed by atoms with van der Waals surface area (Å²) in [5.74, 6) is 0.295. The van der Waals surface area contributed by atoms with Gasteiger partial charge in [-0.25, -0.2) is 0 Å². The molecule has 1 aromatic rings. The van der Waals surface area contributed by atoms with Crippen molar-refractivity contribution in [1.29, 1.82) is 0 Å². The number of nitrogens with zero attached hydrogens (tertiary/aromatic N) is 1. The smallest absolute Gasteiger partial charge is 0.234 e. The molecular weight excluding hydrogens is 349 g/mol. The summed E-state index contributed by atoms with van der Waals surface area (Å²) in [7, 11) is 0. The Morgan fingerprint density at radius 3 is 2.05 bits per heavy atom. The van der Waals surface area contributed by atoms with E-state index in [1.165, 1.54) is 5.56 Å². The Morgan fingerprint density at radius 2 is 1.68 bits per heavy atom. The zero-order valence-corrected chi connectivity index (χ0v) is 14.2. The summed E-state index contributed by atoms with van der Waals surface area (Å²) in [6, 6.07) is 10.7. The van der Waals surface area contributed by atoms with Gasteiger partial charge in [-0.1, -0.05) is 52.9 Å². The molecule has 2 atom stereocenters. The second-order valence-corrected chi connectivity index (χ2v) is 7.41. The Hall–Kier alpha value is -0.580. The minimum absolute atomic E-state index is 0.247. The molecule has 0 aromatic heterocycles. The highest BCUT2D eigenvalue weighted by Gasteiger charge is 2.61. The first-order valence-corrected chi connectivity index (χ1v) is 8.18. The van der Waals surface area contributed by atoms with Crippen LogP contribution in [0.5, 0.6) is 0 Å². The van der Waals surface area contributed by atoms with E-state index in [0.717, 1.165) is 6.42 Å². The minimum Gasteiger partial charge on any atom is -0.337 e. The Kier molecular flexibility index (Phi) is 4.23. The van der Waals surface area contributed by atoms with Crippen LogP contribution in [0.4, 0.5) is 0 Å². The van der Waals surface area contributed by atoms with Crippen molar-refractivity contribution in [2.75, 3.05) is 0 Å². The Morgan fingerprint density at radius 1 is 1.21 bits per heavy atom. The molecule has 19 heavy (non-hydrogen) atoms. The van der Waals surface area contributed by atoms with E-state index in [4.69, 9.17) is 0 Å². The van der Waals surface area contributed by atoms with Gasteiger partial charge in [-0.15, -0.1) is 0 Å². The molecule has 2 rings (SSSR count). The van der Waals surface area contributed by atoms with E-state index in [1.807, 2.05) is 23.1 Å². The van der Waals surface area contributed by atoms with E-state index >= 15 is 0 Å². The molecule has 1 aromatic carbocycles. The number of hydrogen-bond acceptors (Lipinski definition) is 1. The van der Waals surface area contributed by atoms with Gasteiger partial charge in [0, 0.05) is 16.0 Å². The summed E-state index contributed by atoms with van der Waals surface area (Å²) in [5.41, 5.74) is 0.891. The lowest BCUT2D eigenvalue weighted by Crippen LogP contribution is -2.48. The highest BCUT2D eigenvalue weighted by atomic mass is 127. The highest BCUT2D eigenvalue weighted by Crippen LogP contribution is 2.55. The van der Waals surface area contributed by atoms with Gasteiger partial charge in [-0.3, -0.25) is 4.79 Å². The number of rotatable bonds is 4. The van der Waals surface area contributed by atoms with Gasteiger partial charge in [0.2, 0.25) is 5.91 Å². The summed E-state index contributed by atoms with van der Waals surface area (Å²) in [6.07, 6.45) is 0.965. The van der Waals surface area contributed by atoms with Gasteiger partial charge in [-0.2, -0.15) is 0 Å². The SMILES string of the molecule is CC(C)N(C(=O)[C@]1(c2ccccc2)CC1I)C(C)C. The molecule has 0 N–H and O–H groups in total. The fourth-order valence-corrected chi connectivity index (χ4v) is 4.22. The van der Waals surface area contributed by atoms with Crippen LogP contribution in [0.1, 0.15) is 39.7 Å². The lowest BCUT2D eigenvalue weighted by Gasteiger charge is -2.34. The summed E-state index contributed by atoms with van der Waals surface area (Å²) < 4.78 is 0.417. The Labute approximate surface area is 129 Å². The van der Waals surface area contributed by atoms with E-state index in [1.54, 1.807) is 0 Å². The van der Waals surface area contributed by atoms with Crippen LogP contribution in [0.2, 0.25) is 0 Å². The van der Waals surface area contributed by atoms with Crippen molar-refractivity contribution in [2.45, 2.75) is 55.5 Å². The van der Waals surface area contributed by atoms with Crippen LogP contribution in [0, 0.1) is 0 Å². The number of amides is 1. The highest BCUT2D eigenvalue weighted by molar-refractivity contribution is 14.1. The van der Waals surface area contributed by atoms with E-state index in [2.05, 4.69) is 62.4 Å². The second kappa shape index (κ2) is 5.43. The molecule has 0 aliphatic heterocycles. The van der Waals surface area contributed by atoms with Crippen LogP contribution in [0.25, 0.3) is 0 Å². The number of carbonyl (C=O) groups excluding carboxylic acids is 1. The molecule has 1 fully saturated rings. The molecule has 1 aliphatic rings. The van der Waals surface area contributed by atoms with Crippen molar-refractivity contribution in [3.63, 3.8) is 0 Å². The van der Waals surface area contributed by atoms with Crippen molar-refractivity contribution >= 4 is 28.5 Å². The molecule has 1 saturated carbocycles. The second-order valence-electron chi connectivity index (χ2n) is 5.91. The van der Waals surface area contributed by atoms with Gasteiger partial charge in [0.05, 0.1) is 5.41 Å². The van der Waals surface area contributed by atoms with Gasteiger partial charge >= 0.3 is 0 Å². The van der Waals surface area contributed by atoms with Gasteiger partial charge in [0.15, 0.2) is 0 Å². The lowest BCUT2D eigenvalue weighted by molar-refractivity contribution is -0.137. The van der Waals surface area contributed by atoms with Crippen molar-refractivity contribution in [3.05, 3.63) is 35.9 Å². The predicted octanol–water partition coefficient (Wildman–Crippen LogP) is 3.78. The minimum atomic E-state index is -0.281. The van der Waals surface area contributed by atoms with Crippen LogP contribution in [0.15, 0.2) is 30.3 Å². The molecule has 104 valence electrons. The summed E-state index contributed by atoms with van der Waals surface area (Å²) in [4.78, 5) is 15.1. The third-order valence-corrected chi connectivity index (χ3v) is 5.40. The first-order chi connectivity index (χ1) is 8.91. The van der Waals surface area contributed by atoms with Crippen LogP contribution in [-0.4, -0.2) is 26.8 Å². The average Bonchev–Trinajstić information content (AvgIpc) is 3.02. The first-order valence-electron chi connectivity index (χ1n) is 6.93. The number of alkyl halides is 1. The maximum Gasteiger partial charge on any atom is 0.234 e. The van der Waals surface area contributed by atoms with Crippen molar-refractivity contribution < 1.29 is 4.79 Å². The number of carbonyl (C=O) groups is 1. The molecule has 1 aliphatic carbocycles. The molecule has 0 saturated heterocycles. The summed E-state index contributed by atoms with van der Waals surface area (Å²) in [5, 5.41) is 0. The first kappa shape index (κ1) is 14.8. The van der Waals surface area contributed by atoms with Gasteiger partial charge in [-0.05, 0) is 39.7 Å². The maximum atomic E-state index is 13.0. The normalized spacial score (nSPS) is 25.7. The third-order valence-electron chi connectivity index (χ3n) is 3.89.